The van der Waals surface area contributed by atoms with Gasteiger partial charge in [0.05, 0.1) is 6.20 Å². The summed E-state index contributed by atoms with van der Waals surface area (Å²) in [5.41, 5.74) is 6.41. The van der Waals surface area contributed by atoms with Crippen molar-refractivity contribution in [2.45, 2.75) is 19.4 Å². The maximum atomic E-state index is 12.5. The molecule has 1 aromatic heterocycles. The van der Waals surface area contributed by atoms with E-state index >= 15 is 0 Å². The fourth-order valence-electron chi connectivity index (χ4n) is 0.867. The van der Waals surface area contributed by atoms with E-state index in [0.29, 0.717) is 0 Å². The number of pyridine rings is 1. The van der Waals surface area contributed by atoms with Crippen LogP contribution in [-0.2, 0) is 0 Å². The lowest BCUT2D eigenvalue weighted by Crippen LogP contribution is -2.08. The summed E-state index contributed by atoms with van der Waals surface area (Å²) in [6, 6.07) is 1.32. The van der Waals surface area contributed by atoms with Gasteiger partial charge in [0.1, 0.15) is 5.82 Å². The third kappa shape index (κ3) is 1.98. The molecule has 0 saturated carbocycles. The van der Waals surface area contributed by atoms with Gasteiger partial charge >= 0.3 is 0 Å². The predicted molar refractivity (Wildman–Crippen MR) is 41.4 cm³/mol. The molecule has 0 radical (unpaired) electrons. The summed E-state index contributed by atoms with van der Waals surface area (Å²) in [7, 11) is 0. The summed E-state index contributed by atoms with van der Waals surface area (Å²) in [5.74, 6) is -0.327. The molecule has 3 heteroatoms. The molecule has 0 aromatic carbocycles. The van der Waals surface area contributed by atoms with E-state index in [1.165, 1.54) is 12.3 Å². The number of hydrogen-bond acceptors (Lipinski definition) is 2. The molecule has 60 valence electrons. The topological polar surface area (TPSA) is 38.9 Å². The highest BCUT2D eigenvalue weighted by molar-refractivity contribution is 5.13. The van der Waals surface area contributed by atoms with Crippen molar-refractivity contribution in [1.29, 1.82) is 0 Å². The molecule has 0 fully saturated rings. The molecule has 0 unspecified atom stereocenters. The molecule has 0 saturated heterocycles. The Morgan fingerprint density at radius 3 is 2.91 bits per heavy atom. The summed E-state index contributed by atoms with van der Waals surface area (Å²) in [6.07, 6.45) is 3.56. The van der Waals surface area contributed by atoms with Gasteiger partial charge in [0.2, 0.25) is 0 Å². The Labute approximate surface area is 65.3 Å². The van der Waals surface area contributed by atoms with E-state index in [1.54, 1.807) is 6.20 Å². The van der Waals surface area contributed by atoms with Gasteiger partial charge in [-0.25, -0.2) is 4.39 Å². The molecule has 0 aliphatic heterocycles. The van der Waals surface area contributed by atoms with E-state index in [4.69, 9.17) is 5.73 Å². The zero-order valence-electron chi connectivity index (χ0n) is 6.42. The molecule has 0 bridgehead atoms. The van der Waals surface area contributed by atoms with Gasteiger partial charge in [-0.05, 0) is 18.1 Å². The number of aromatic nitrogens is 1. The molecule has 0 amide bonds. The van der Waals surface area contributed by atoms with Gasteiger partial charge in [-0.15, -0.1) is 0 Å². The standard InChI is InChI=1S/C8H11FN2/c1-2-8(10)6-3-7(9)5-11-4-6/h3-5,8H,2,10H2,1H3/t8-/m0/s1. The van der Waals surface area contributed by atoms with Gasteiger partial charge in [-0.3, -0.25) is 4.98 Å². The highest BCUT2D eigenvalue weighted by atomic mass is 19.1. The average Bonchev–Trinajstić information content (AvgIpc) is 2.03. The van der Waals surface area contributed by atoms with Crippen LogP contribution in [0.3, 0.4) is 0 Å². The third-order valence-electron chi connectivity index (χ3n) is 1.59. The normalized spacial score (nSPS) is 13.0. The molecule has 2 N–H and O–H groups in total. The Morgan fingerprint density at radius 1 is 1.64 bits per heavy atom. The van der Waals surface area contributed by atoms with Gasteiger partial charge in [-0.1, -0.05) is 6.92 Å². The first-order valence-corrected chi connectivity index (χ1v) is 3.60. The van der Waals surface area contributed by atoms with Crippen molar-refractivity contribution in [2.24, 2.45) is 5.73 Å². The quantitative estimate of drug-likeness (QED) is 0.703. The van der Waals surface area contributed by atoms with Crippen molar-refractivity contribution in [3.63, 3.8) is 0 Å². The number of nitrogens with zero attached hydrogens (tertiary/aromatic N) is 1. The van der Waals surface area contributed by atoms with Crippen LogP contribution < -0.4 is 5.73 Å². The Balaban J connectivity index is 2.86. The third-order valence-corrected chi connectivity index (χ3v) is 1.59. The Morgan fingerprint density at radius 2 is 2.36 bits per heavy atom. The molecule has 1 atom stereocenters. The average molecular weight is 154 g/mol. The first-order chi connectivity index (χ1) is 5.24. The van der Waals surface area contributed by atoms with Gasteiger partial charge in [-0.2, -0.15) is 0 Å². The molecule has 0 aliphatic carbocycles. The second-order valence-corrected chi connectivity index (χ2v) is 2.45. The lowest BCUT2D eigenvalue weighted by atomic mass is 10.1. The summed E-state index contributed by atoms with van der Waals surface area (Å²) in [5, 5.41) is 0. The van der Waals surface area contributed by atoms with E-state index in [-0.39, 0.29) is 11.9 Å². The Bertz CT molecular complexity index is 237. The predicted octanol–water partition coefficient (Wildman–Crippen LogP) is 1.63. The second-order valence-electron chi connectivity index (χ2n) is 2.45. The smallest absolute Gasteiger partial charge is 0.141 e. The van der Waals surface area contributed by atoms with E-state index < -0.39 is 0 Å². The minimum atomic E-state index is -0.327. The van der Waals surface area contributed by atoms with Crippen molar-refractivity contribution < 1.29 is 4.39 Å². The molecule has 1 heterocycles. The monoisotopic (exact) mass is 154 g/mol. The van der Waals surface area contributed by atoms with Crippen molar-refractivity contribution in [3.8, 4) is 0 Å². The van der Waals surface area contributed by atoms with Gasteiger partial charge in [0.25, 0.3) is 0 Å². The van der Waals surface area contributed by atoms with Crippen molar-refractivity contribution in [3.05, 3.63) is 29.8 Å². The van der Waals surface area contributed by atoms with E-state index in [2.05, 4.69) is 4.98 Å². The highest BCUT2D eigenvalue weighted by Gasteiger charge is 2.03. The van der Waals surface area contributed by atoms with Crippen molar-refractivity contribution in [1.82, 2.24) is 4.98 Å². The molecule has 0 aliphatic rings. The molecule has 1 aromatic rings. The van der Waals surface area contributed by atoms with Crippen LogP contribution in [0, 0.1) is 5.82 Å². The molecular formula is C8H11FN2. The number of hydrogen-bond donors (Lipinski definition) is 1. The van der Waals surface area contributed by atoms with Crippen LogP contribution in [0.15, 0.2) is 18.5 Å². The Kier molecular flexibility index (Phi) is 2.54. The number of nitrogens with two attached hydrogens (primary N) is 1. The Hall–Kier alpha value is -0.960. The van der Waals surface area contributed by atoms with E-state index in [0.717, 1.165) is 12.0 Å². The van der Waals surface area contributed by atoms with E-state index in [1.807, 2.05) is 6.92 Å². The van der Waals surface area contributed by atoms with Gasteiger partial charge < -0.3 is 5.73 Å². The fourth-order valence-corrected chi connectivity index (χ4v) is 0.867. The number of halogens is 1. The maximum absolute atomic E-state index is 12.5. The SMILES string of the molecule is CC[C@H](N)c1cncc(F)c1. The first kappa shape index (κ1) is 8.14. The van der Waals surface area contributed by atoms with Crippen molar-refractivity contribution >= 4 is 0 Å². The first-order valence-electron chi connectivity index (χ1n) is 3.60. The van der Waals surface area contributed by atoms with Gasteiger partial charge in [0.15, 0.2) is 0 Å². The molecule has 1 rings (SSSR count). The van der Waals surface area contributed by atoms with Crippen LogP contribution in [-0.4, -0.2) is 4.98 Å². The van der Waals surface area contributed by atoms with Crippen LogP contribution in [0.2, 0.25) is 0 Å². The molecule has 2 nitrogen and oxygen atoms in total. The highest BCUT2D eigenvalue weighted by Crippen LogP contribution is 2.12. The largest absolute Gasteiger partial charge is 0.324 e. The molecule has 0 spiro atoms. The minimum Gasteiger partial charge on any atom is -0.324 e. The maximum Gasteiger partial charge on any atom is 0.141 e. The summed E-state index contributed by atoms with van der Waals surface area (Å²) < 4.78 is 12.5. The molecule has 11 heavy (non-hydrogen) atoms. The van der Waals surface area contributed by atoms with Crippen molar-refractivity contribution in [2.75, 3.05) is 0 Å². The van der Waals surface area contributed by atoms with Crippen LogP contribution in [0.5, 0.6) is 0 Å². The fraction of sp³-hybridized carbons (Fsp3) is 0.375. The van der Waals surface area contributed by atoms with Gasteiger partial charge in [0, 0.05) is 12.2 Å². The zero-order chi connectivity index (χ0) is 8.27. The second kappa shape index (κ2) is 3.44. The van der Waals surface area contributed by atoms with Crippen LogP contribution in [0.4, 0.5) is 4.39 Å². The minimum absolute atomic E-state index is 0.0989. The number of rotatable bonds is 2. The zero-order valence-corrected chi connectivity index (χ0v) is 6.42. The van der Waals surface area contributed by atoms with Crippen LogP contribution in [0.1, 0.15) is 24.9 Å². The molecular weight excluding hydrogens is 143 g/mol. The van der Waals surface area contributed by atoms with Crippen LogP contribution in [0.25, 0.3) is 0 Å². The summed E-state index contributed by atoms with van der Waals surface area (Å²) in [6.45, 7) is 1.95. The lowest BCUT2D eigenvalue weighted by molar-refractivity contribution is 0.608. The van der Waals surface area contributed by atoms with E-state index in [9.17, 15) is 4.39 Å². The lowest BCUT2D eigenvalue weighted by Gasteiger charge is -2.07. The van der Waals surface area contributed by atoms with Crippen LogP contribution >= 0.6 is 0 Å². The summed E-state index contributed by atoms with van der Waals surface area (Å²) in [4.78, 5) is 3.70. The summed E-state index contributed by atoms with van der Waals surface area (Å²) >= 11 is 0.